The van der Waals surface area contributed by atoms with Crippen molar-refractivity contribution in [3.05, 3.63) is 77.4 Å². The maximum atomic E-state index is 13.6. The molecule has 0 atom stereocenters. The van der Waals surface area contributed by atoms with Gasteiger partial charge in [-0.05, 0) is 80.7 Å². The van der Waals surface area contributed by atoms with Crippen molar-refractivity contribution in [3.8, 4) is 5.69 Å². The summed E-state index contributed by atoms with van der Waals surface area (Å²) in [5, 5.41) is 9.77. The highest BCUT2D eigenvalue weighted by atomic mass is 32.2. The van der Waals surface area contributed by atoms with Gasteiger partial charge in [-0.1, -0.05) is 12.1 Å². The van der Waals surface area contributed by atoms with Gasteiger partial charge in [-0.25, -0.2) is 22.6 Å². The third-order valence-electron chi connectivity index (χ3n) is 7.13. The Hall–Kier alpha value is -3.08. The average molecular weight is 512 g/mol. The summed E-state index contributed by atoms with van der Waals surface area (Å²) in [6.07, 6.45) is 5.40. The predicted octanol–water partition coefficient (Wildman–Crippen LogP) is 3.27. The number of carbonyl (C=O) groups is 1. The Kier molecular flexibility index (Phi) is 6.92. The normalized spacial score (nSPS) is 17.6. The van der Waals surface area contributed by atoms with Gasteiger partial charge < -0.3 is 4.90 Å². The molecule has 2 fully saturated rings. The summed E-state index contributed by atoms with van der Waals surface area (Å²) in [5.74, 6) is -0.153. The smallest absolute Gasteiger partial charge is 0.257 e. The average Bonchev–Trinajstić information content (AvgIpc) is 3.55. The molecule has 0 unspecified atom stereocenters. The zero-order valence-electron chi connectivity index (χ0n) is 20.0. The molecule has 0 saturated carbocycles. The zero-order valence-corrected chi connectivity index (χ0v) is 20.8. The number of sulfonamides is 1. The van der Waals surface area contributed by atoms with Gasteiger partial charge in [0, 0.05) is 25.6 Å². The summed E-state index contributed by atoms with van der Waals surface area (Å²) >= 11 is 0. The van der Waals surface area contributed by atoms with Crippen molar-refractivity contribution in [2.45, 2.75) is 43.0 Å². The molecule has 1 aromatic heterocycles. The summed E-state index contributed by atoms with van der Waals surface area (Å²) in [4.78, 5) is 17.7. The molecule has 36 heavy (non-hydrogen) atoms. The third-order valence-corrected chi connectivity index (χ3v) is 8.06. The van der Waals surface area contributed by atoms with Gasteiger partial charge in [-0.3, -0.25) is 9.69 Å². The standard InChI is InChI=1S/C26H30FN5O3S/c27-21-5-7-22(8-6-21)32-25(24(17-29-32)26(33)31-13-1-2-14-31)20-11-15-30(16-12-20)18-19-3-9-23(10-4-19)36(28,34)35/h3-10,17,20H,1-2,11-16,18H2,(H2,28,34,35). The number of hydrogen-bond donors (Lipinski definition) is 1. The van der Waals surface area contributed by atoms with E-state index in [1.54, 1.807) is 35.1 Å². The van der Waals surface area contributed by atoms with Crippen LogP contribution in [0.5, 0.6) is 0 Å². The Balaban J connectivity index is 1.35. The first kappa shape index (κ1) is 24.6. The summed E-state index contributed by atoms with van der Waals surface area (Å²) < 4.78 is 38.4. The number of rotatable bonds is 6. The quantitative estimate of drug-likeness (QED) is 0.547. The van der Waals surface area contributed by atoms with E-state index in [-0.39, 0.29) is 22.5 Å². The molecule has 0 radical (unpaired) electrons. The third kappa shape index (κ3) is 5.21. The van der Waals surface area contributed by atoms with Crippen LogP contribution in [-0.2, 0) is 16.6 Å². The number of benzene rings is 2. The van der Waals surface area contributed by atoms with Crippen LogP contribution in [0.2, 0.25) is 0 Å². The van der Waals surface area contributed by atoms with Crippen LogP contribution >= 0.6 is 0 Å². The molecule has 8 nitrogen and oxygen atoms in total. The summed E-state index contributed by atoms with van der Waals surface area (Å²) in [7, 11) is -3.71. The van der Waals surface area contributed by atoms with Crippen molar-refractivity contribution < 1.29 is 17.6 Å². The number of amides is 1. The number of likely N-dealkylation sites (tertiary alicyclic amines) is 2. The molecule has 1 amide bonds. The summed E-state index contributed by atoms with van der Waals surface area (Å²) in [6, 6.07) is 12.9. The predicted molar refractivity (Wildman–Crippen MR) is 134 cm³/mol. The first-order chi connectivity index (χ1) is 17.3. The van der Waals surface area contributed by atoms with E-state index < -0.39 is 10.0 Å². The fraction of sp³-hybridized carbons (Fsp3) is 0.385. The Labute approximate surface area is 210 Å². The molecule has 2 aromatic carbocycles. The van der Waals surface area contributed by atoms with E-state index in [0.29, 0.717) is 12.1 Å². The van der Waals surface area contributed by atoms with Crippen LogP contribution in [-0.4, -0.2) is 60.1 Å². The number of hydrogen-bond acceptors (Lipinski definition) is 5. The number of carbonyl (C=O) groups excluding carboxylic acids is 1. The minimum absolute atomic E-state index is 0.0215. The van der Waals surface area contributed by atoms with Crippen molar-refractivity contribution in [3.63, 3.8) is 0 Å². The molecule has 2 aliphatic rings. The summed E-state index contributed by atoms with van der Waals surface area (Å²) in [5.41, 5.74) is 3.29. The van der Waals surface area contributed by atoms with Gasteiger partial charge in [-0.2, -0.15) is 5.10 Å². The van der Waals surface area contributed by atoms with Crippen molar-refractivity contribution in [1.29, 1.82) is 0 Å². The minimum atomic E-state index is -3.71. The Bertz CT molecular complexity index is 1320. The van der Waals surface area contributed by atoms with Crippen LogP contribution in [0, 0.1) is 5.82 Å². The number of halogens is 1. The number of piperidine rings is 1. The van der Waals surface area contributed by atoms with Gasteiger partial charge in [-0.15, -0.1) is 0 Å². The Morgan fingerprint density at radius 2 is 1.61 bits per heavy atom. The SMILES string of the molecule is NS(=O)(=O)c1ccc(CN2CCC(c3c(C(=O)N4CCCC4)cnn3-c3ccc(F)cc3)CC2)cc1. The molecule has 0 spiro atoms. The lowest BCUT2D eigenvalue weighted by Crippen LogP contribution is -2.34. The first-order valence-corrected chi connectivity index (χ1v) is 13.8. The molecule has 3 heterocycles. The second-order valence-electron chi connectivity index (χ2n) is 9.57. The van der Waals surface area contributed by atoms with Crippen LogP contribution in [0.3, 0.4) is 0 Å². The molecule has 2 saturated heterocycles. The van der Waals surface area contributed by atoms with Gasteiger partial charge >= 0.3 is 0 Å². The monoisotopic (exact) mass is 511 g/mol. The van der Waals surface area contributed by atoms with Crippen LogP contribution in [0.4, 0.5) is 4.39 Å². The highest BCUT2D eigenvalue weighted by molar-refractivity contribution is 7.89. The minimum Gasteiger partial charge on any atom is -0.339 e. The second kappa shape index (κ2) is 10.1. The van der Waals surface area contributed by atoms with Gasteiger partial charge in [0.05, 0.1) is 28.0 Å². The van der Waals surface area contributed by atoms with Crippen LogP contribution < -0.4 is 5.14 Å². The molecule has 0 bridgehead atoms. The van der Waals surface area contributed by atoms with Crippen molar-refractivity contribution in [2.24, 2.45) is 5.14 Å². The number of nitrogens with two attached hydrogens (primary N) is 1. The Morgan fingerprint density at radius 3 is 2.22 bits per heavy atom. The number of primary sulfonamides is 1. The molecule has 190 valence electrons. The van der Waals surface area contributed by atoms with E-state index in [4.69, 9.17) is 5.14 Å². The molecule has 0 aliphatic carbocycles. The van der Waals surface area contributed by atoms with Gasteiger partial charge in [0.1, 0.15) is 5.82 Å². The molecule has 10 heteroatoms. The highest BCUT2D eigenvalue weighted by Gasteiger charge is 2.31. The fourth-order valence-electron chi connectivity index (χ4n) is 5.20. The molecule has 5 rings (SSSR count). The van der Waals surface area contributed by atoms with E-state index >= 15 is 0 Å². The highest BCUT2D eigenvalue weighted by Crippen LogP contribution is 2.33. The summed E-state index contributed by atoms with van der Waals surface area (Å²) in [6.45, 7) is 3.89. The number of nitrogens with zero attached hydrogens (tertiary/aromatic N) is 4. The molecular weight excluding hydrogens is 481 g/mol. The first-order valence-electron chi connectivity index (χ1n) is 12.3. The lowest BCUT2D eigenvalue weighted by atomic mass is 9.90. The van der Waals surface area contributed by atoms with E-state index in [1.807, 2.05) is 4.90 Å². The lowest BCUT2D eigenvalue weighted by Gasteiger charge is -2.33. The van der Waals surface area contributed by atoms with Gasteiger partial charge in [0.15, 0.2) is 0 Å². The second-order valence-corrected chi connectivity index (χ2v) is 11.1. The maximum Gasteiger partial charge on any atom is 0.257 e. The Morgan fingerprint density at radius 1 is 0.972 bits per heavy atom. The molecule has 3 aromatic rings. The zero-order chi connectivity index (χ0) is 25.3. The topological polar surface area (TPSA) is 102 Å². The molecule has 2 N–H and O–H groups in total. The molecular formula is C26H30FN5O3S. The maximum absolute atomic E-state index is 13.6. The largest absolute Gasteiger partial charge is 0.339 e. The van der Waals surface area contributed by atoms with Crippen LogP contribution in [0.1, 0.15) is 53.2 Å². The van der Waals surface area contributed by atoms with E-state index in [0.717, 1.165) is 68.8 Å². The fourth-order valence-corrected chi connectivity index (χ4v) is 5.72. The lowest BCUT2D eigenvalue weighted by molar-refractivity contribution is 0.0790. The van der Waals surface area contributed by atoms with E-state index in [9.17, 15) is 17.6 Å². The van der Waals surface area contributed by atoms with Crippen LogP contribution in [0.25, 0.3) is 5.69 Å². The van der Waals surface area contributed by atoms with E-state index in [2.05, 4.69) is 10.00 Å². The van der Waals surface area contributed by atoms with Gasteiger partial charge in [0.2, 0.25) is 10.0 Å². The molecule has 2 aliphatic heterocycles. The van der Waals surface area contributed by atoms with Gasteiger partial charge in [0.25, 0.3) is 5.91 Å². The van der Waals surface area contributed by atoms with E-state index in [1.165, 1.54) is 24.3 Å². The number of aromatic nitrogens is 2. The van der Waals surface area contributed by atoms with Crippen molar-refractivity contribution in [1.82, 2.24) is 19.6 Å². The van der Waals surface area contributed by atoms with Crippen LogP contribution in [0.15, 0.2) is 59.6 Å². The van der Waals surface area contributed by atoms with Crippen molar-refractivity contribution >= 4 is 15.9 Å². The van der Waals surface area contributed by atoms with Crippen molar-refractivity contribution in [2.75, 3.05) is 26.2 Å².